The van der Waals surface area contributed by atoms with Gasteiger partial charge in [0.25, 0.3) is 5.69 Å². The first kappa shape index (κ1) is 19.3. The number of non-ortho nitro benzene ring substituents is 1. The Morgan fingerprint density at radius 2 is 1.42 bits per heavy atom. The summed E-state index contributed by atoms with van der Waals surface area (Å²) in [6.45, 7) is 0. The van der Waals surface area contributed by atoms with Crippen LogP contribution in [0.5, 0.6) is 0 Å². The third kappa shape index (κ3) is 3.49. The van der Waals surface area contributed by atoms with Crippen LogP contribution < -0.4 is 5.32 Å². The second-order valence-corrected chi connectivity index (χ2v) is 5.59. The summed E-state index contributed by atoms with van der Waals surface area (Å²) in [6, 6.07) is 3.50. The van der Waals surface area contributed by atoms with E-state index in [1.807, 2.05) is 0 Å². The predicted molar refractivity (Wildman–Crippen MR) is 85.8 cm³/mol. The monoisotopic (exact) mass is 366 g/mol. The number of benzene rings is 1. The molecule has 1 aliphatic heterocycles. The second kappa shape index (κ2) is 7.91. The van der Waals surface area contributed by atoms with Crippen LogP contribution in [0.3, 0.4) is 0 Å². The highest BCUT2D eigenvalue weighted by Crippen LogP contribution is 2.39. The van der Waals surface area contributed by atoms with E-state index >= 15 is 0 Å². The maximum Gasteiger partial charge on any atom is 0.323 e. The topological polar surface area (TPSA) is 134 Å². The number of nitrogens with one attached hydrogen (secondary N) is 1. The van der Waals surface area contributed by atoms with Gasteiger partial charge in [0.2, 0.25) is 0 Å². The lowest BCUT2D eigenvalue weighted by Gasteiger charge is -2.21. The lowest BCUT2D eigenvalue weighted by Crippen LogP contribution is -2.42. The van der Waals surface area contributed by atoms with Crippen LogP contribution in [0, 0.1) is 22.0 Å². The molecule has 1 heterocycles. The van der Waals surface area contributed by atoms with Gasteiger partial charge in [-0.1, -0.05) is 12.1 Å². The molecule has 1 N–H and O–H groups in total. The van der Waals surface area contributed by atoms with Gasteiger partial charge in [0.1, 0.15) is 6.04 Å². The maximum atomic E-state index is 12.3. The van der Waals surface area contributed by atoms with E-state index in [-0.39, 0.29) is 5.69 Å². The first-order valence-corrected chi connectivity index (χ1v) is 7.59. The Hall–Kier alpha value is -3.01. The van der Waals surface area contributed by atoms with Gasteiger partial charge in [-0.3, -0.25) is 29.8 Å². The van der Waals surface area contributed by atoms with Gasteiger partial charge < -0.3 is 14.2 Å². The van der Waals surface area contributed by atoms with E-state index in [0.29, 0.717) is 5.56 Å². The van der Waals surface area contributed by atoms with Crippen LogP contribution in [0.4, 0.5) is 5.69 Å². The first-order valence-electron chi connectivity index (χ1n) is 7.59. The van der Waals surface area contributed by atoms with Gasteiger partial charge in [-0.2, -0.15) is 0 Å². The van der Waals surface area contributed by atoms with E-state index in [1.54, 1.807) is 0 Å². The van der Waals surface area contributed by atoms with Gasteiger partial charge in [-0.15, -0.1) is 0 Å². The molecule has 0 spiro atoms. The van der Waals surface area contributed by atoms with Crippen LogP contribution in [-0.4, -0.2) is 50.2 Å². The number of carbonyl (C=O) groups is 3. The highest BCUT2D eigenvalue weighted by molar-refractivity contribution is 5.91. The van der Waals surface area contributed by atoms with Gasteiger partial charge >= 0.3 is 17.9 Å². The third-order valence-corrected chi connectivity index (χ3v) is 4.33. The van der Waals surface area contributed by atoms with Crippen molar-refractivity contribution < 1.29 is 33.5 Å². The molecule has 0 amide bonds. The van der Waals surface area contributed by atoms with Crippen molar-refractivity contribution in [3.05, 3.63) is 39.9 Å². The fourth-order valence-corrected chi connectivity index (χ4v) is 3.10. The SMILES string of the molecule is COC(=O)[C@@H]1[C@H](C(=O)OC)[C@@H](c2ccc([N+](=O)[O-])cc2)N[C@@H]1C(=O)OC. The van der Waals surface area contributed by atoms with E-state index in [0.717, 1.165) is 21.3 Å². The number of rotatable bonds is 5. The van der Waals surface area contributed by atoms with E-state index in [2.05, 4.69) is 5.32 Å². The van der Waals surface area contributed by atoms with Crippen molar-refractivity contribution in [2.75, 3.05) is 21.3 Å². The molecule has 0 saturated carbocycles. The van der Waals surface area contributed by atoms with Gasteiger partial charge in [-0.25, -0.2) is 0 Å². The minimum atomic E-state index is -1.17. The average molecular weight is 366 g/mol. The molecule has 0 radical (unpaired) electrons. The lowest BCUT2D eigenvalue weighted by molar-refractivity contribution is -0.384. The van der Waals surface area contributed by atoms with Crippen molar-refractivity contribution >= 4 is 23.6 Å². The molecule has 0 unspecified atom stereocenters. The highest BCUT2D eigenvalue weighted by Gasteiger charge is 2.55. The van der Waals surface area contributed by atoms with Crippen molar-refractivity contribution in [3.8, 4) is 0 Å². The average Bonchev–Trinajstić information content (AvgIpc) is 3.06. The van der Waals surface area contributed by atoms with E-state index < -0.39 is 46.8 Å². The maximum absolute atomic E-state index is 12.3. The summed E-state index contributed by atoms with van der Waals surface area (Å²) in [7, 11) is 3.46. The summed E-state index contributed by atoms with van der Waals surface area (Å²) in [4.78, 5) is 46.9. The quantitative estimate of drug-likeness (QED) is 0.339. The number of nitro groups is 1. The largest absolute Gasteiger partial charge is 0.469 e. The summed E-state index contributed by atoms with van der Waals surface area (Å²) >= 11 is 0. The van der Waals surface area contributed by atoms with Gasteiger partial charge in [0.15, 0.2) is 0 Å². The van der Waals surface area contributed by atoms with E-state index in [1.165, 1.54) is 24.3 Å². The molecule has 10 nitrogen and oxygen atoms in total. The summed E-state index contributed by atoms with van der Waals surface area (Å²) < 4.78 is 14.2. The molecule has 4 atom stereocenters. The molecule has 140 valence electrons. The summed E-state index contributed by atoms with van der Waals surface area (Å²) in [5.41, 5.74) is 0.349. The van der Waals surface area contributed by atoms with E-state index in [4.69, 9.17) is 14.2 Å². The molecular weight excluding hydrogens is 348 g/mol. The Morgan fingerprint density at radius 1 is 0.923 bits per heavy atom. The number of hydrogen-bond acceptors (Lipinski definition) is 9. The molecular formula is C16H18N2O8. The van der Waals surface area contributed by atoms with Crippen molar-refractivity contribution in [1.82, 2.24) is 5.32 Å². The van der Waals surface area contributed by atoms with Gasteiger partial charge in [-0.05, 0) is 5.56 Å². The Morgan fingerprint density at radius 3 is 1.88 bits per heavy atom. The second-order valence-electron chi connectivity index (χ2n) is 5.59. The number of methoxy groups -OCH3 is 3. The van der Waals surface area contributed by atoms with Crippen molar-refractivity contribution in [2.45, 2.75) is 12.1 Å². The van der Waals surface area contributed by atoms with Crippen molar-refractivity contribution in [1.29, 1.82) is 0 Å². The smallest absolute Gasteiger partial charge is 0.323 e. The molecule has 1 aromatic carbocycles. The molecule has 2 rings (SSSR count). The highest BCUT2D eigenvalue weighted by atomic mass is 16.6. The summed E-state index contributed by atoms with van der Waals surface area (Å²) in [6.07, 6.45) is 0. The fraction of sp³-hybridized carbons (Fsp3) is 0.438. The van der Waals surface area contributed by atoms with Crippen LogP contribution in [-0.2, 0) is 28.6 Å². The number of ether oxygens (including phenoxy) is 3. The number of carbonyl (C=O) groups excluding carboxylic acids is 3. The molecule has 10 heteroatoms. The number of nitro benzene ring substituents is 1. The molecule has 0 aliphatic carbocycles. The number of hydrogen-bond donors (Lipinski definition) is 1. The van der Waals surface area contributed by atoms with Crippen LogP contribution in [0.2, 0.25) is 0 Å². The van der Waals surface area contributed by atoms with E-state index in [9.17, 15) is 24.5 Å². The molecule has 1 fully saturated rings. The normalized spacial score (nSPS) is 24.6. The zero-order valence-electron chi connectivity index (χ0n) is 14.3. The van der Waals surface area contributed by atoms with Crippen LogP contribution in [0.25, 0.3) is 0 Å². The molecule has 0 bridgehead atoms. The van der Waals surface area contributed by atoms with Crippen molar-refractivity contribution in [2.24, 2.45) is 11.8 Å². The third-order valence-electron chi connectivity index (χ3n) is 4.33. The Bertz CT molecular complexity index is 717. The van der Waals surface area contributed by atoms with Gasteiger partial charge in [0.05, 0.1) is 38.1 Å². The molecule has 1 aromatic rings. The minimum Gasteiger partial charge on any atom is -0.469 e. The van der Waals surface area contributed by atoms with Crippen LogP contribution >= 0.6 is 0 Å². The van der Waals surface area contributed by atoms with Crippen LogP contribution in [0.15, 0.2) is 24.3 Å². The zero-order valence-corrected chi connectivity index (χ0v) is 14.3. The number of nitrogens with zero attached hydrogens (tertiary/aromatic N) is 1. The minimum absolute atomic E-state index is 0.129. The van der Waals surface area contributed by atoms with Crippen molar-refractivity contribution in [3.63, 3.8) is 0 Å². The molecule has 26 heavy (non-hydrogen) atoms. The Kier molecular flexibility index (Phi) is 5.88. The number of esters is 3. The Labute approximate surface area is 148 Å². The predicted octanol–water partition coefficient (Wildman–Crippen LogP) is 0.359. The first-order chi connectivity index (χ1) is 12.3. The standard InChI is InChI=1S/C16H18N2O8/c1-24-14(19)10-11(15(20)25-2)13(16(21)26-3)17-12(10)8-4-6-9(7-5-8)18(22)23/h4-7,10-13,17H,1-3H3/t10-,11+,12+,13-/m0/s1. The summed E-state index contributed by atoms with van der Waals surface area (Å²) in [5, 5.41) is 13.7. The lowest BCUT2D eigenvalue weighted by atomic mass is 9.84. The molecule has 1 aliphatic rings. The Balaban J connectivity index is 2.48. The molecule has 1 saturated heterocycles. The molecule has 0 aromatic heterocycles. The fourth-order valence-electron chi connectivity index (χ4n) is 3.10. The van der Waals surface area contributed by atoms with Gasteiger partial charge in [0, 0.05) is 18.2 Å². The zero-order chi connectivity index (χ0) is 19.4. The van der Waals surface area contributed by atoms with Crippen LogP contribution in [0.1, 0.15) is 11.6 Å². The summed E-state index contributed by atoms with van der Waals surface area (Å²) in [5.74, 6) is -4.47.